The molecule has 238 valence electrons. The van der Waals surface area contributed by atoms with Crippen molar-refractivity contribution in [3.05, 3.63) is 51.9 Å². The first kappa shape index (κ1) is 32.8. The number of aliphatic hydroxyl groups is 1. The van der Waals surface area contributed by atoms with E-state index in [0.717, 1.165) is 30.4 Å². The number of ether oxygens (including phenoxy) is 1. The van der Waals surface area contributed by atoms with Gasteiger partial charge in [-0.05, 0) is 66.4 Å². The third kappa shape index (κ3) is 6.99. The number of aliphatic hydroxyl groups excluding tert-OH is 1. The highest BCUT2D eigenvalue weighted by Crippen LogP contribution is 2.47. The molecule has 1 aromatic heterocycles. The van der Waals surface area contributed by atoms with Gasteiger partial charge in [0.25, 0.3) is 0 Å². The summed E-state index contributed by atoms with van der Waals surface area (Å²) in [6.07, 6.45) is 5.39. The Bertz CT molecular complexity index is 1450. The normalized spacial score (nSPS) is 24.1. The van der Waals surface area contributed by atoms with Crippen molar-refractivity contribution in [1.29, 1.82) is 5.26 Å². The second-order valence-corrected chi connectivity index (χ2v) is 13.2. The number of hydrogen-bond acceptors (Lipinski definition) is 10. The number of carbonyl (C=O) groups excluding carboxylic acids is 1. The summed E-state index contributed by atoms with van der Waals surface area (Å²) in [5, 5.41) is 25.4. The number of aliphatic imine (C=N–C) groups is 2. The topological polar surface area (TPSA) is 134 Å². The fourth-order valence-corrected chi connectivity index (χ4v) is 6.07. The average Bonchev–Trinajstić information content (AvgIpc) is 3.45. The highest BCUT2D eigenvalue weighted by atomic mass is 16.6. The summed E-state index contributed by atoms with van der Waals surface area (Å²) in [5.74, 6) is 1.00. The molecule has 0 saturated carbocycles. The van der Waals surface area contributed by atoms with Gasteiger partial charge in [0.2, 0.25) is 5.88 Å². The molecule has 1 aromatic rings. The molecule has 3 aliphatic rings. The van der Waals surface area contributed by atoms with Crippen LogP contribution in [0.3, 0.4) is 0 Å². The van der Waals surface area contributed by atoms with Gasteiger partial charge in [0.15, 0.2) is 5.84 Å². The van der Waals surface area contributed by atoms with Crippen LogP contribution in [0.4, 0.5) is 4.79 Å². The van der Waals surface area contributed by atoms with E-state index >= 15 is 0 Å². The van der Waals surface area contributed by atoms with E-state index in [0.29, 0.717) is 54.7 Å². The molecule has 2 atom stereocenters. The summed E-state index contributed by atoms with van der Waals surface area (Å²) in [4.78, 5) is 29.2. The highest BCUT2D eigenvalue weighted by Gasteiger charge is 2.42. The quantitative estimate of drug-likeness (QED) is 0.276. The second kappa shape index (κ2) is 12.9. The van der Waals surface area contributed by atoms with Gasteiger partial charge in [0.05, 0.1) is 23.0 Å². The molecule has 2 aliphatic heterocycles. The fraction of sp³-hybridized carbons (Fsp3) is 0.594. The van der Waals surface area contributed by atoms with Crippen molar-refractivity contribution in [2.24, 2.45) is 9.98 Å². The molecule has 44 heavy (non-hydrogen) atoms. The number of hydrogen-bond donors (Lipinski definition) is 1. The maximum Gasteiger partial charge on any atom is 0.410 e. The van der Waals surface area contributed by atoms with Gasteiger partial charge in [0, 0.05) is 59.5 Å². The maximum atomic E-state index is 12.6. The number of allylic oxidation sites excluding steroid dienone is 4. The number of nitriles is 1. The molecule has 4 rings (SSSR count). The molecule has 1 fully saturated rings. The Morgan fingerprint density at radius 3 is 2.59 bits per heavy atom. The molecule has 0 spiro atoms. The Balaban J connectivity index is 1.58. The lowest BCUT2D eigenvalue weighted by molar-refractivity contribution is 0.00645. The summed E-state index contributed by atoms with van der Waals surface area (Å²) in [5.41, 5.74) is 2.58. The minimum atomic E-state index is -0.601. The van der Waals surface area contributed by atoms with Gasteiger partial charge < -0.3 is 29.1 Å². The van der Waals surface area contributed by atoms with Gasteiger partial charge in [-0.1, -0.05) is 10.7 Å². The van der Waals surface area contributed by atoms with Gasteiger partial charge in [-0.2, -0.15) is 10.3 Å². The van der Waals surface area contributed by atoms with E-state index in [1.807, 2.05) is 64.7 Å². The van der Waals surface area contributed by atoms with Crippen molar-refractivity contribution in [1.82, 2.24) is 24.8 Å². The predicted molar refractivity (Wildman–Crippen MR) is 169 cm³/mol. The highest BCUT2D eigenvalue weighted by molar-refractivity contribution is 5.98. The molecule has 12 heteroatoms. The van der Waals surface area contributed by atoms with Crippen molar-refractivity contribution in [2.45, 2.75) is 78.0 Å². The molecule has 1 amide bonds. The van der Waals surface area contributed by atoms with Crippen LogP contribution in [0.5, 0.6) is 0 Å². The summed E-state index contributed by atoms with van der Waals surface area (Å²) in [6.45, 7) is 13.8. The Morgan fingerprint density at radius 1 is 1.30 bits per heavy atom. The van der Waals surface area contributed by atoms with E-state index in [9.17, 15) is 15.2 Å². The summed E-state index contributed by atoms with van der Waals surface area (Å²) < 4.78 is 11.6. The van der Waals surface area contributed by atoms with Gasteiger partial charge in [-0.25, -0.2) is 9.79 Å². The second-order valence-electron chi connectivity index (χ2n) is 13.2. The molecular weight excluding hydrogens is 560 g/mol. The average molecular weight is 607 g/mol. The molecule has 2 unspecified atom stereocenters. The number of likely N-dealkylation sites (N-methyl/N-ethyl adjacent to an activating group) is 1. The molecule has 0 radical (unpaired) electrons. The van der Waals surface area contributed by atoms with Crippen LogP contribution in [0, 0.1) is 11.3 Å². The SMILES string of the molecule is CC1=C(/C(C#N)=C(\C)N=CN(C)C)C(C)(c2cc(C3=NC(O)=CC(N4CCN(C(=O)OC(C)(C)C)CC4)N3C)no2)CCC1. The molecular formula is C32H46N8O4. The van der Waals surface area contributed by atoms with Crippen molar-refractivity contribution in [3.8, 4) is 6.07 Å². The van der Waals surface area contributed by atoms with Gasteiger partial charge in [-0.3, -0.25) is 4.90 Å². The van der Waals surface area contributed by atoms with E-state index in [4.69, 9.17) is 9.26 Å². The molecule has 1 saturated heterocycles. The Labute approximate surface area is 260 Å². The molecule has 0 bridgehead atoms. The van der Waals surface area contributed by atoms with Crippen molar-refractivity contribution < 1.29 is 19.2 Å². The van der Waals surface area contributed by atoms with Crippen LogP contribution < -0.4 is 0 Å². The third-order valence-electron chi connectivity index (χ3n) is 8.29. The van der Waals surface area contributed by atoms with E-state index in [2.05, 4.69) is 40.0 Å². The zero-order chi connectivity index (χ0) is 32.4. The number of rotatable bonds is 6. The number of nitrogens with zero attached hydrogens (tertiary/aromatic N) is 8. The van der Waals surface area contributed by atoms with E-state index in [-0.39, 0.29) is 18.1 Å². The monoisotopic (exact) mass is 606 g/mol. The summed E-state index contributed by atoms with van der Waals surface area (Å²) in [6, 6.07) is 4.29. The molecule has 0 aromatic carbocycles. The lowest BCUT2D eigenvalue weighted by Gasteiger charge is -2.43. The lowest BCUT2D eigenvalue weighted by atomic mass is 9.67. The fourth-order valence-electron chi connectivity index (χ4n) is 6.07. The van der Waals surface area contributed by atoms with Crippen LogP contribution in [0.25, 0.3) is 0 Å². The standard InChI is InChI=1S/C32H46N8O4/c1-21-11-10-12-32(6,28(21)23(19-33)22(2)34-20-37(7)8)25-17-24(36-44-25)29-35-26(41)18-27(38(29)9)39-13-15-40(16-14-39)30(42)43-31(3,4)5/h17-18,20,27,41H,10-16H2,1-9H3/b23-22+,34-20?. The molecule has 3 heterocycles. The number of amides is 1. The first-order chi connectivity index (χ1) is 20.6. The third-order valence-corrected chi connectivity index (χ3v) is 8.29. The van der Waals surface area contributed by atoms with E-state index in [1.165, 1.54) is 0 Å². The first-order valence-corrected chi connectivity index (χ1v) is 15.1. The van der Waals surface area contributed by atoms with Gasteiger partial charge in [-0.15, -0.1) is 0 Å². The van der Waals surface area contributed by atoms with Crippen molar-refractivity contribution >= 4 is 18.3 Å². The van der Waals surface area contributed by atoms with Gasteiger partial charge in [0.1, 0.15) is 29.3 Å². The van der Waals surface area contributed by atoms with Crippen LogP contribution in [0.15, 0.2) is 54.9 Å². The Morgan fingerprint density at radius 2 is 1.98 bits per heavy atom. The van der Waals surface area contributed by atoms with Crippen LogP contribution in [0.2, 0.25) is 0 Å². The zero-order valence-electron chi connectivity index (χ0n) is 27.5. The van der Waals surface area contributed by atoms with Gasteiger partial charge >= 0.3 is 6.09 Å². The van der Waals surface area contributed by atoms with Crippen molar-refractivity contribution in [2.75, 3.05) is 47.3 Å². The minimum Gasteiger partial charge on any atom is -0.493 e. The van der Waals surface area contributed by atoms with E-state index in [1.54, 1.807) is 17.3 Å². The zero-order valence-corrected chi connectivity index (χ0v) is 27.5. The maximum absolute atomic E-state index is 12.6. The van der Waals surface area contributed by atoms with Crippen molar-refractivity contribution in [3.63, 3.8) is 0 Å². The largest absolute Gasteiger partial charge is 0.493 e. The number of amidine groups is 1. The van der Waals surface area contributed by atoms with Crippen LogP contribution in [-0.4, -0.2) is 107 Å². The molecule has 1 N–H and O–H groups in total. The number of piperazine rings is 1. The number of aromatic nitrogens is 1. The van der Waals surface area contributed by atoms with Crippen LogP contribution in [-0.2, 0) is 10.2 Å². The minimum absolute atomic E-state index is 0.105. The number of carbonyl (C=O) groups is 1. The Hall–Kier alpha value is -4.11. The molecule has 1 aliphatic carbocycles. The summed E-state index contributed by atoms with van der Waals surface area (Å²) >= 11 is 0. The Kier molecular flexibility index (Phi) is 9.59. The molecule has 12 nitrogen and oxygen atoms in total. The predicted octanol–water partition coefficient (Wildman–Crippen LogP) is 4.79. The van der Waals surface area contributed by atoms with E-state index < -0.39 is 11.0 Å². The smallest absolute Gasteiger partial charge is 0.410 e. The lowest BCUT2D eigenvalue weighted by Crippen LogP contribution is -2.57. The summed E-state index contributed by atoms with van der Waals surface area (Å²) in [7, 11) is 5.68. The first-order valence-electron chi connectivity index (χ1n) is 15.1. The van der Waals surface area contributed by atoms with Crippen LogP contribution in [0.1, 0.15) is 72.3 Å². The van der Waals surface area contributed by atoms with Crippen LogP contribution >= 0.6 is 0 Å².